The minimum Gasteiger partial charge on any atom is -0.493 e. The summed E-state index contributed by atoms with van der Waals surface area (Å²) in [6, 6.07) is 6.91. The highest BCUT2D eigenvalue weighted by Crippen LogP contribution is 2.33. The van der Waals surface area contributed by atoms with Crippen LogP contribution in [0.1, 0.15) is 57.2 Å². The number of fused-ring (bicyclic) bond motifs is 1. The van der Waals surface area contributed by atoms with Gasteiger partial charge in [-0.05, 0) is 62.9 Å². The number of rotatable bonds is 7. The van der Waals surface area contributed by atoms with E-state index in [0.29, 0.717) is 19.1 Å². The van der Waals surface area contributed by atoms with Crippen LogP contribution in [-0.4, -0.2) is 23.9 Å². The number of aryl methyl sites for hydroxylation is 1. The predicted molar refractivity (Wildman–Crippen MR) is 82.2 cm³/mol. The molecule has 0 saturated heterocycles. The highest BCUT2D eigenvalue weighted by molar-refractivity contribution is 5.40. The summed E-state index contributed by atoms with van der Waals surface area (Å²) < 4.78 is 5.74. The lowest BCUT2D eigenvalue weighted by atomic mass is 10.1. The van der Waals surface area contributed by atoms with E-state index in [1.807, 2.05) is 13.8 Å². The molecule has 3 heteroatoms. The third-order valence-corrected chi connectivity index (χ3v) is 3.82. The van der Waals surface area contributed by atoms with Gasteiger partial charge in [0.15, 0.2) is 0 Å². The largest absolute Gasteiger partial charge is 0.493 e. The predicted octanol–water partition coefficient (Wildman–Crippen LogP) is 3.21. The molecule has 3 nitrogen and oxygen atoms in total. The molecule has 0 aromatic heterocycles. The average Bonchev–Trinajstić information content (AvgIpc) is 2.77. The molecule has 0 fully saturated rings. The number of hydrogen-bond donors (Lipinski definition) is 2. The third kappa shape index (κ3) is 4.22. The fraction of sp³-hybridized carbons (Fsp3) is 0.647. The lowest BCUT2D eigenvalue weighted by Crippen LogP contribution is -2.21. The molecule has 1 aromatic rings. The molecular formula is C17H27NO2. The Kier molecular flexibility index (Phi) is 5.06. The van der Waals surface area contributed by atoms with Gasteiger partial charge < -0.3 is 15.2 Å². The van der Waals surface area contributed by atoms with E-state index in [9.17, 15) is 5.11 Å². The van der Waals surface area contributed by atoms with Crippen molar-refractivity contribution in [1.29, 1.82) is 0 Å². The molecule has 0 heterocycles. The van der Waals surface area contributed by atoms with Crippen molar-refractivity contribution in [3.8, 4) is 5.75 Å². The van der Waals surface area contributed by atoms with Crippen LogP contribution in [-0.2, 0) is 6.42 Å². The molecule has 1 aliphatic rings. The molecule has 0 radical (unpaired) electrons. The SMILES string of the molecule is CCCNC1CCc2cc(OCCC(C)(C)O)ccc21. The molecule has 20 heavy (non-hydrogen) atoms. The summed E-state index contributed by atoms with van der Waals surface area (Å²) in [4.78, 5) is 0. The van der Waals surface area contributed by atoms with Crippen LogP contribution >= 0.6 is 0 Å². The van der Waals surface area contributed by atoms with Crippen molar-refractivity contribution in [2.75, 3.05) is 13.2 Å². The molecule has 1 unspecified atom stereocenters. The summed E-state index contributed by atoms with van der Waals surface area (Å²) in [5, 5.41) is 13.3. The quantitative estimate of drug-likeness (QED) is 0.804. The Morgan fingerprint density at radius 2 is 2.20 bits per heavy atom. The summed E-state index contributed by atoms with van der Waals surface area (Å²) in [6.07, 6.45) is 4.12. The first-order valence-electron chi connectivity index (χ1n) is 7.71. The van der Waals surface area contributed by atoms with E-state index in [1.165, 1.54) is 24.0 Å². The van der Waals surface area contributed by atoms with Crippen LogP contribution in [0.5, 0.6) is 5.75 Å². The van der Waals surface area contributed by atoms with Gasteiger partial charge in [-0.15, -0.1) is 0 Å². The second-order valence-corrected chi connectivity index (χ2v) is 6.32. The Labute approximate surface area is 122 Å². The lowest BCUT2D eigenvalue weighted by molar-refractivity contribution is 0.0553. The van der Waals surface area contributed by atoms with E-state index < -0.39 is 5.60 Å². The van der Waals surface area contributed by atoms with Gasteiger partial charge in [-0.25, -0.2) is 0 Å². The van der Waals surface area contributed by atoms with Gasteiger partial charge in [-0.3, -0.25) is 0 Å². The molecule has 1 atom stereocenters. The first-order chi connectivity index (χ1) is 9.49. The molecule has 0 spiro atoms. The summed E-state index contributed by atoms with van der Waals surface area (Å²) in [6.45, 7) is 7.45. The molecule has 2 N–H and O–H groups in total. The monoisotopic (exact) mass is 277 g/mol. The molecule has 112 valence electrons. The van der Waals surface area contributed by atoms with Gasteiger partial charge in [0, 0.05) is 12.5 Å². The third-order valence-electron chi connectivity index (χ3n) is 3.82. The van der Waals surface area contributed by atoms with Gasteiger partial charge in [0.25, 0.3) is 0 Å². The average molecular weight is 277 g/mol. The first-order valence-corrected chi connectivity index (χ1v) is 7.71. The summed E-state index contributed by atoms with van der Waals surface area (Å²) in [5.41, 5.74) is 2.17. The maximum absolute atomic E-state index is 9.68. The van der Waals surface area contributed by atoms with Gasteiger partial charge in [-0.1, -0.05) is 13.0 Å². The lowest BCUT2D eigenvalue weighted by Gasteiger charge is -2.17. The first kappa shape index (κ1) is 15.3. The van der Waals surface area contributed by atoms with Crippen LogP contribution in [0.15, 0.2) is 18.2 Å². The summed E-state index contributed by atoms with van der Waals surface area (Å²) in [5.74, 6) is 0.921. The summed E-state index contributed by atoms with van der Waals surface area (Å²) in [7, 11) is 0. The van der Waals surface area contributed by atoms with Gasteiger partial charge >= 0.3 is 0 Å². The van der Waals surface area contributed by atoms with Crippen molar-refractivity contribution in [3.05, 3.63) is 29.3 Å². The Bertz CT molecular complexity index is 437. The Balaban J connectivity index is 1.92. The zero-order valence-electron chi connectivity index (χ0n) is 12.9. The summed E-state index contributed by atoms with van der Waals surface area (Å²) >= 11 is 0. The van der Waals surface area contributed by atoms with Crippen molar-refractivity contribution in [2.45, 2.75) is 58.1 Å². The number of hydrogen-bond acceptors (Lipinski definition) is 3. The molecule has 0 bridgehead atoms. The minimum absolute atomic E-state index is 0.510. The van der Waals surface area contributed by atoms with Crippen LogP contribution in [0.4, 0.5) is 0 Å². The van der Waals surface area contributed by atoms with E-state index in [1.54, 1.807) is 0 Å². The minimum atomic E-state index is -0.661. The molecule has 1 aliphatic carbocycles. The standard InChI is InChI=1S/C17H27NO2/c1-4-10-18-16-8-5-13-12-14(6-7-15(13)16)20-11-9-17(2,3)19/h6-7,12,16,18-19H,4-5,8-11H2,1-3H3. The highest BCUT2D eigenvalue weighted by Gasteiger charge is 2.22. The topological polar surface area (TPSA) is 41.5 Å². The van der Waals surface area contributed by atoms with Gasteiger partial charge in [0.1, 0.15) is 5.75 Å². The fourth-order valence-corrected chi connectivity index (χ4v) is 2.63. The maximum atomic E-state index is 9.68. The number of nitrogens with one attached hydrogen (secondary N) is 1. The maximum Gasteiger partial charge on any atom is 0.119 e. The number of aliphatic hydroxyl groups is 1. The van der Waals surface area contributed by atoms with E-state index >= 15 is 0 Å². The Morgan fingerprint density at radius 1 is 1.40 bits per heavy atom. The van der Waals surface area contributed by atoms with Gasteiger partial charge in [-0.2, -0.15) is 0 Å². The Morgan fingerprint density at radius 3 is 2.90 bits per heavy atom. The zero-order valence-corrected chi connectivity index (χ0v) is 12.9. The normalized spacial score (nSPS) is 18.1. The van der Waals surface area contributed by atoms with Crippen LogP contribution in [0.25, 0.3) is 0 Å². The molecule has 0 aliphatic heterocycles. The second-order valence-electron chi connectivity index (χ2n) is 6.32. The van der Waals surface area contributed by atoms with Crippen LogP contribution < -0.4 is 10.1 Å². The number of benzene rings is 1. The van der Waals surface area contributed by atoms with Crippen molar-refractivity contribution in [1.82, 2.24) is 5.32 Å². The molecule has 2 rings (SSSR count). The van der Waals surface area contributed by atoms with E-state index in [2.05, 4.69) is 30.4 Å². The highest BCUT2D eigenvalue weighted by atomic mass is 16.5. The van der Waals surface area contributed by atoms with E-state index in [-0.39, 0.29) is 0 Å². The van der Waals surface area contributed by atoms with Crippen molar-refractivity contribution in [2.24, 2.45) is 0 Å². The zero-order chi connectivity index (χ0) is 14.6. The van der Waals surface area contributed by atoms with Crippen LogP contribution in [0, 0.1) is 0 Å². The molecule has 0 amide bonds. The smallest absolute Gasteiger partial charge is 0.119 e. The van der Waals surface area contributed by atoms with Crippen molar-refractivity contribution in [3.63, 3.8) is 0 Å². The second kappa shape index (κ2) is 6.59. The van der Waals surface area contributed by atoms with Crippen LogP contribution in [0.2, 0.25) is 0 Å². The van der Waals surface area contributed by atoms with Gasteiger partial charge in [0.05, 0.1) is 12.2 Å². The van der Waals surface area contributed by atoms with Crippen LogP contribution in [0.3, 0.4) is 0 Å². The number of ether oxygens (including phenoxy) is 1. The van der Waals surface area contributed by atoms with E-state index in [0.717, 1.165) is 18.7 Å². The van der Waals surface area contributed by atoms with E-state index in [4.69, 9.17) is 4.74 Å². The van der Waals surface area contributed by atoms with Crippen molar-refractivity contribution < 1.29 is 9.84 Å². The molecule has 0 saturated carbocycles. The van der Waals surface area contributed by atoms with Gasteiger partial charge in [0.2, 0.25) is 0 Å². The molecular weight excluding hydrogens is 250 g/mol. The van der Waals surface area contributed by atoms with Crippen molar-refractivity contribution >= 4 is 0 Å². The Hall–Kier alpha value is -1.06. The fourth-order valence-electron chi connectivity index (χ4n) is 2.63. The molecule has 1 aromatic carbocycles.